The zero-order chi connectivity index (χ0) is 20.6. The molecule has 2 atom stereocenters. The Hall–Kier alpha value is -2.66. The molecule has 0 saturated carbocycles. The SMILES string of the molecule is CCC[C@@H](NC(=O)[C@H](C)[NH+]1CCN(C(=O)c2ccccc2)CC1)c1ccccc1. The summed E-state index contributed by atoms with van der Waals surface area (Å²) >= 11 is 0. The van der Waals surface area contributed by atoms with Crippen LogP contribution in [0.2, 0.25) is 0 Å². The number of nitrogens with one attached hydrogen (secondary N) is 2. The average molecular weight is 395 g/mol. The van der Waals surface area contributed by atoms with E-state index in [-0.39, 0.29) is 23.9 Å². The van der Waals surface area contributed by atoms with Crippen molar-refractivity contribution >= 4 is 11.8 Å². The lowest BCUT2D eigenvalue weighted by Crippen LogP contribution is -3.19. The van der Waals surface area contributed by atoms with Crippen molar-refractivity contribution in [3.8, 4) is 0 Å². The molecule has 2 N–H and O–H groups in total. The van der Waals surface area contributed by atoms with Crippen molar-refractivity contribution in [2.75, 3.05) is 26.2 Å². The Kier molecular flexibility index (Phi) is 7.42. The van der Waals surface area contributed by atoms with Gasteiger partial charge in [0, 0.05) is 5.56 Å². The molecule has 0 unspecified atom stereocenters. The Morgan fingerprint density at radius 1 is 1.00 bits per heavy atom. The van der Waals surface area contributed by atoms with E-state index in [4.69, 9.17) is 0 Å². The van der Waals surface area contributed by atoms with Crippen LogP contribution in [-0.4, -0.2) is 48.9 Å². The number of amides is 2. The van der Waals surface area contributed by atoms with E-state index in [9.17, 15) is 9.59 Å². The first-order chi connectivity index (χ1) is 14.1. The van der Waals surface area contributed by atoms with E-state index < -0.39 is 0 Å². The van der Waals surface area contributed by atoms with E-state index in [1.807, 2.05) is 60.4 Å². The summed E-state index contributed by atoms with van der Waals surface area (Å²) in [5.74, 6) is 0.166. The number of carbonyl (C=O) groups is 2. The number of benzene rings is 2. The van der Waals surface area contributed by atoms with Crippen LogP contribution < -0.4 is 10.2 Å². The maximum atomic E-state index is 12.9. The highest BCUT2D eigenvalue weighted by Gasteiger charge is 2.32. The van der Waals surface area contributed by atoms with Crippen molar-refractivity contribution in [3.05, 3.63) is 71.8 Å². The Morgan fingerprint density at radius 2 is 1.59 bits per heavy atom. The lowest BCUT2D eigenvalue weighted by molar-refractivity contribution is -0.917. The first kappa shape index (κ1) is 21.1. The van der Waals surface area contributed by atoms with Gasteiger partial charge in [-0.25, -0.2) is 0 Å². The highest BCUT2D eigenvalue weighted by atomic mass is 16.2. The smallest absolute Gasteiger partial charge is 0.278 e. The summed E-state index contributed by atoms with van der Waals surface area (Å²) in [6.45, 7) is 7.07. The third-order valence-corrected chi connectivity index (χ3v) is 5.82. The number of nitrogens with zero attached hydrogens (tertiary/aromatic N) is 1. The molecule has 0 spiro atoms. The molecule has 1 heterocycles. The first-order valence-corrected chi connectivity index (χ1v) is 10.6. The van der Waals surface area contributed by atoms with Gasteiger partial charge in [0.15, 0.2) is 6.04 Å². The van der Waals surface area contributed by atoms with Crippen molar-refractivity contribution < 1.29 is 14.5 Å². The van der Waals surface area contributed by atoms with E-state index in [0.29, 0.717) is 13.1 Å². The number of rotatable bonds is 7. The van der Waals surface area contributed by atoms with Gasteiger partial charge in [-0.05, 0) is 31.0 Å². The standard InChI is InChI=1S/C24H31N3O2/c1-3-10-22(20-11-6-4-7-12-20)25-23(28)19(2)26-15-17-27(18-16-26)24(29)21-13-8-5-9-14-21/h4-9,11-14,19,22H,3,10,15-18H2,1-2H3,(H,25,28)/p+1/t19-,22+/m0/s1. The number of hydrogen-bond donors (Lipinski definition) is 2. The molecule has 5 heteroatoms. The molecule has 29 heavy (non-hydrogen) atoms. The lowest BCUT2D eigenvalue weighted by Gasteiger charge is -2.35. The Balaban J connectivity index is 1.55. The van der Waals surface area contributed by atoms with E-state index in [0.717, 1.165) is 37.1 Å². The summed E-state index contributed by atoms with van der Waals surface area (Å²) in [4.78, 5) is 28.7. The van der Waals surface area contributed by atoms with E-state index in [1.54, 1.807) is 0 Å². The van der Waals surface area contributed by atoms with E-state index in [1.165, 1.54) is 4.90 Å². The highest BCUT2D eigenvalue weighted by molar-refractivity contribution is 5.94. The summed E-state index contributed by atoms with van der Waals surface area (Å²) in [5.41, 5.74) is 1.88. The summed E-state index contributed by atoms with van der Waals surface area (Å²) in [5, 5.41) is 3.25. The molecule has 154 valence electrons. The fourth-order valence-corrected chi connectivity index (χ4v) is 3.97. The third-order valence-electron chi connectivity index (χ3n) is 5.82. The molecule has 0 aliphatic carbocycles. The van der Waals surface area contributed by atoms with Crippen LogP contribution in [0, 0.1) is 0 Å². The van der Waals surface area contributed by atoms with Gasteiger partial charge < -0.3 is 15.1 Å². The highest BCUT2D eigenvalue weighted by Crippen LogP contribution is 2.18. The molecule has 1 saturated heterocycles. The van der Waals surface area contributed by atoms with Crippen molar-refractivity contribution in [2.24, 2.45) is 0 Å². The van der Waals surface area contributed by atoms with Gasteiger partial charge in [0.2, 0.25) is 0 Å². The van der Waals surface area contributed by atoms with Crippen LogP contribution in [0.3, 0.4) is 0 Å². The third kappa shape index (κ3) is 5.45. The van der Waals surface area contributed by atoms with Gasteiger partial charge in [-0.1, -0.05) is 61.9 Å². The molecule has 2 aromatic rings. The molecular weight excluding hydrogens is 362 g/mol. The molecule has 5 nitrogen and oxygen atoms in total. The largest absolute Gasteiger partial charge is 0.344 e. The fraction of sp³-hybridized carbons (Fsp3) is 0.417. The minimum Gasteiger partial charge on any atom is -0.344 e. The van der Waals surface area contributed by atoms with Gasteiger partial charge in [0.05, 0.1) is 32.2 Å². The van der Waals surface area contributed by atoms with Gasteiger partial charge in [0.25, 0.3) is 11.8 Å². The van der Waals surface area contributed by atoms with Crippen LogP contribution in [-0.2, 0) is 4.79 Å². The Bertz CT molecular complexity index is 786. The minimum absolute atomic E-state index is 0.0523. The predicted octanol–water partition coefficient (Wildman–Crippen LogP) is 2.07. The minimum atomic E-state index is -0.132. The van der Waals surface area contributed by atoms with Gasteiger partial charge in [-0.2, -0.15) is 0 Å². The summed E-state index contributed by atoms with van der Waals surface area (Å²) in [6.07, 6.45) is 1.94. The van der Waals surface area contributed by atoms with Crippen LogP contribution in [0.5, 0.6) is 0 Å². The molecule has 2 aromatic carbocycles. The molecule has 1 aliphatic rings. The van der Waals surface area contributed by atoms with Crippen molar-refractivity contribution in [3.63, 3.8) is 0 Å². The monoisotopic (exact) mass is 394 g/mol. The number of hydrogen-bond acceptors (Lipinski definition) is 2. The van der Waals surface area contributed by atoms with Crippen molar-refractivity contribution in [1.82, 2.24) is 10.2 Å². The molecule has 3 rings (SSSR count). The van der Waals surface area contributed by atoms with Gasteiger partial charge in [-0.15, -0.1) is 0 Å². The van der Waals surface area contributed by atoms with Crippen LogP contribution >= 0.6 is 0 Å². The Morgan fingerprint density at radius 3 is 2.17 bits per heavy atom. The van der Waals surface area contributed by atoms with Gasteiger partial charge in [-0.3, -0.25) is 9.59 Å². The Labute approximate surface area is 173 Å². The zero-order valence-corrected chi connectivity index (χ0v) is 17.4. The van der Waals surface area contributed by atoms with Crippen LogP contribution in [0.25, 0.3) is 0 Å². The number of quaternary nitrogens is 1. The average Bonchev–Trinajstić information content (AvgIpc) is 2.79. The normalized spacial score (nSPS) is 16.8. The molecule has 1 aliphatic heterocycles. The second-order valence-electron chi connectivity index (χ2n) is 7.80. The molecule has 1 fully saturated rings. The van der Waals surface area contributed by atoms with Crippen LogP contribution in [0.1, 0.15) is 48.7 Å². The molecule has 2 amide bonds. The van der Waals surface area contributed by atoms with E-state index >= 15 is 0 Å². The maximum absolute atomic E-state index is 12.9. The topological polar surface area (TPSA) is 53.9 Å². The second kappa shape index (κ2) is 10.2. The summed E-state index contributed by atoms with van der Waals surface area (Å²) in [6, 6.07) is 19.5. The quantitative estimate of drug-likeness (QED) is 0.755. The number of piperazine rings is 1. The molecule has 0 radical (unpaired) electrons. The molecule has 0 aromatic heterocycles. The van der Waals surface area contributed by atoms with Crippen LogP contribution in [0.4, 0.5) is 0 Å². The van der Waals surface area contributed by atoms with Crippen molar-refractivity contribution in [1.29, 1.82) is 0 Å². The number of carbonyl (C=O) groups excluding carboxylic acids is 2. The fourth-order valence-electron chi connectivity index (χ4n) is 3.97. The van der Waals surface area contributed by atoms with E-state index in [2.05, 4.69) is 24.4 Å². The first-order valence-electron chi connectivity index (χ1n) is 10.6. The maximum Gasteiger partial charge on any atom is 0.278 e. The van der Waals surface area contributed by atoms with Crippen molar-refractivity contribution in [2.45, 2.75) is 38.8 Å². The molecular formula is C24H32N3O2+. The lowest BCUT2D eigenvalue weighted by atomic mass is 10.0. The molecule has 0 bridgehead atoms. The second-order valence-corrected chi connectivity index (χ2v) is 7.80. The van der Waals surface area contributed by atoms with Gasteiger partial charge in [0.1, 0.15) is 0 Å². The van der Waals surface area contributed by atoms with Gasteiger partial charge >= 0.3 is 0 Å². The van der Waals surface area contributed by atoms with Crippen LogP contribution in [0.15, 0.2) is 60.7 Å². The summed E-state index contributed by atoms with van der Waals surface area (Å²) in [7, 11) is 0. The predicted molar refractivity (Wildman–Crippen MR) is 115 cm³/mol. The zero-order valence-electron chi connectivity index (χ0n) is 17.4. The summed E-state index contributed by atoms with van der Waals surface area (Å²) < 4.78 is 0.